The minimum atomic E-state index is -2.06. The summed E-state index contributed by atoms with van der Waals surface area (Å²) in [5, 5.41) is 123. The Kier molecular flexibility index (Phi) is 17.9. The lowest BCUT2D eigenvalue weighted by Gasteiger charge is -2.72. The highest BCUT2D eigenvalue weighted by Crippen LogP contribution is 2.76. The van der Waals surface area contributed by atoms with E-state index in [2.05, 4.69) is 26.8 Å². The number of aliphatic hydroxyl groups excluding tert-OH is 10. The first-order valence-electron chi connectivity index (χ1n) is 28.3. The van der Waals surface area contributed by atoms with E-state index in [1.54, 1.807) is 19.9 Å². The first kappa shape index (κ1) is 62.3. The number of hydrogen-bond donors (Lipinski definition) is 11. The maximum absolute atomic E-state index is 13.7. The number of allylic oxidation sites excluding steroid dienone is 3. The van der Waals surface area contributed by atoms with Crippen LogP contribution in [0.4, 0.5) is 0 Å². The Morgan fingerprint density at radius 3 is 2.01 bits per heavy atom. The number of carboxylic acids is 1. The molecule has 0 radical (unpaired) electrons. The fourth-order valence-corrected chi connectivity index (χ4v) is 16.3. The van der Waals surface area contributed by atoms with Gasteiger partial charge < -0.3 is 94.1 Å². The van der Waals surface area contributed by atoms with E-state index < -0.39 is 180 Å². The summed E-state index contributed by atoms with van der Waals surface area (Å²) < 4.78 is 47.8. The van der Waals surface area contributed by atoms with Crippen molar-refractivity contribution in [2.24, 2.45) is 56.2 Å². The van der Waals surface area contributed by atoms with Gasteiger partial charge in [-0.1, -0.05) is 73.1 Å². The van der Waals surface area contributed by atoms with Gasteiger partial charge in [0.25, 0.3) is 0 Å². The predicted molar refractivity (Wildman–Crippen MR) is 275 cm³/mol. The zero-order valence-corrected chi connectivity index (χ0v) is 47.5. The van der Waals surface area contributed by atoms with Crippen LogP contribution in [-0.4, -0.2) is 204 Å². The van der Waals surface area contributed by atoms with E-state index >= 15 is 0 Å². The molecular weight excluding hydrogens is 1040 g/mol. The van der Waals surface area contributed by atoms with Gasteiger partial charge >= 0.3 is 17.9 Å². The smallest absolute Gasteiger partial charge is 0.335 e. The van der Waals surface area contributed by atoms with E-state index in [4.69, 9.17) is 37.9 Å². The molecule has 79 heavy (non-hydrogen) atoms. The molecule has 0 unspecified atom stereocenters. The zero-order chi connectivity index (χ0) is 58.4. The molecule has 5 aliphatic carbocycles. The summed E-state index contributed by atoms with van der Waals surface area (Å²) >= 11 is 0. The monoisotopic (exact) mass is 1130 g/mol. The lowest BCUT2D eigenvalue weighted by atomic mass is 9.33. The van der Waals surface area contributed by atoms with Gasteiger partial charge in [-0.3, -0.25) is 4.79 Å². The Labute approximate surface area is 462 Å². The summed E-state index contributed by atoms with van der Waals surface area (Å²) in [5.41, 5.74) is -3.40. The number of esters is 2. The van der Waals surface area contributed by atoms with Crippen LogP contribution < -0.4 is 0 Å². The molecule has 450 valence electrons. The minimum absolute atomic E-state index is 0.0241. The molecule has 0 aromatic heterocycles. The number of aliphatic carboxylic acids is 1. The molecule has 7 fully saturated rings. The van der Waals surface area contributed by atoms with Crippen LogP contribution in [0.25, 0.3) is 0 Å². The summed E-state index contributed by atoms with van der Waals surface area (Å²) in [6.07, 6.45) is -21.1. The molecule has 0 aromatic rings. The van der Waals surface area contributed by atoms with Crippen LogP contribution in [0.15, 0.2) is 23.3 Å². The van der Waals surface area contributed by atoms with Crippen molar-refractivity contribution in [1.29, 1.82) is 0 Å². The van der Waals surface area contributed by atoms with Crippen molar-refractivity contribution in [2.75, 3.05) is 19.8 Å². The number of aliphatic hydroxyl groups is 10. The normalized spacial score (nSPS) is 49.8. The van der Waals surface area contributed by atoms with E-state index in [0.29, 0.717) is 44.1 Å². The van der Waals surface area contributed by atoms with Crippen LogP contribution in [0.2, 0.25) is 0 Å². The maximum atomic E-state index is 13.7. The number of carbonyl (C=O) groups excluding carboxylic acids is 2. The number of hydrogen-bond acceptors (Lipinski definition) is 21. The van der Waals surface area contributed by atoms with Gasteiger partial charge in [0.15, 0.2) is 25.0 Å². The van der Waals surface area contributed by atoms with Gasteiger partial charge in [-0.15, -0.1) is 0 Å². The largest absolute Gasteiger partial charge is 0.479 e. The van der Waals surface area contributed by atoms with Crippen molar-refractivity contribution in [1.82, 2.24) is 0 Å². The third-order valence-electron chi connectivity index (χ3n) is 21.2. The standard InChI is InChI=1S/C57H90O22/c1-12-26(4)48(71)79-45-46(75-35(62)19-25(2)3)57(24-59)29(20-52(45,6)7)28-13-14-32-53(8)17-16-34(54(9,23-58)31(53)15-18-55(32,10)56(28,11)21-33(57)61)74-51-41(68)43(39(66)44(78-51)47(69)70)77-49-40(67)42(30(60)22-72-49)76-50-38(65)37(64)36(63)27(5)73-50/h12-13,25,27,29-34,36-46,49-51,58-61,63-68H,14-24H2,1-11H3,(H,69,70)/b26-12-/t27-,29-,30-,31+,32+,33+,34-,36-,37+,38+,39-,40+,41+,42-,43-,44-,45-,46-,49-,50-,51+,53-,54-,55+,56+,57-/m0/s1. The number of carboxylic acid groups (broad SMARTS) is 1. The zero-order valence-electron chi connectivity index (χ0n) is 47.5. The molecule has 3 heterocycles. The molecule has 0 aromatic carbocycles. The Hall–Kier alpha value is -2.75. The Balaban J connectivity index is 1.05. The van der Waals surface area contributed by atoms with Gasteiger partial charge in [0.1, 0.15) is 67.1 Å². The molecular formula is C57H90O22. The molecule has 3 saturated heterocycles. The van der Waals surface area contributed by atoms with Crippen molar-refractivity contribution < 1.29 is 108 Å². The predicted octanol–water partition coefficient (Wildman–Crippen LogP) is 1.37. The van der Waals surface area contributed by atoms with Crippen LogP contribution in [0, 0.1) is 56.2 Å². The molecule has 4 saturated carbocycles. The summed E-state index contributed by atoms with van der Waals surface area (Å²) in [5.74, 6) is -3.50. The molecule has 3 aliphatic heterocycles. The Morgan fingerprint density at radius 1 is 0.747 bits per heavy atom. The van der Waals surface area contributed by atoms with Gasteiger partial charge in [-0.05, 0) is 106 Å². The molecule has 0 bridgehead atoms. The van der Waals surface area contributed by atoms with Crippen molar-refractivity contribution in [2.45, 2.75) is 238 Å². The Bertz CT molecular complexity index is 2290. The second kappa shape index (κ2) is 22.7. The fraction of sp³-hybridized carbons (Fsp3) is 0.877. The van der Waals surface area contributed by atoms with Crippen LogP contribution >= 0.6 is 0 Å². The molecule has 8 rings (SSSR count). The van der Waals surface area contributed by atoms with E-state index in [1.165, 1.54) is 6.92 Å². The topological polar surface area (TPSA) is 348 Å². The lowest BCUT2D eigenvalue weighted by Crippen LogP contribution is -2.72. The van der Waals surface area contributed by atoms with Gasteiger partial charge in [-0.25, -0.2) is 9.59 Å². The molecule has 22 nitrogen and oxygen atoms in total. The molecule has 26 atom stereocenters. The molecule has 22 heteroatoms. The van der Waals surface area contributed by atoms with Gasteiger partial charge in [0.2, 0.25) is 0 Å². The molecule has 11 N–H and O–H groups in total. The first-order chi connectivity index (χ1) is 36.8. The third kappa shape index (κ3) is 10.3. The van der Waals surface area contributed by atoms with E-state index in [9.17, 15) is 70.6 Å². The van der Waals surface area contributed by atoms with Crippen LogP contribution in [0.1, 0.15) is 128 Å². The molecule has 0 amide bonds. The third-order valence-corrected chi connectivity index (χ3v) is 21.2. The number of fused-ring (bicyclic) bond motifs is 7. The van der Waals surface area contributed by atoms with Gasteiger partial charge in [-0.2, -0.15) is 0 Å². The second-order valence-corrected chi connectivity index (χ2v) is 26.6. The highest BCUT2D eigenvalue weighted by atomic mass is 16.8. The number of ether oxygens (including phenoxy) is 8. The highest BCUT2D eigenvalue weighted by molar-refractivity contribution is 5.87. The second-order valence-electron chi connectivity index (χ2n) is 26.6. The number of carbonyl (C=O) groups is 3. The lowest BCUT2D eigenvalue weighted by molar-refractivity contribution is -0.372. The Morgan fingerprint density at radius 2 is 1.39 bits per heavy atom. The summed E-state index contributed by atoms with van der Waals surface area (Å²) in [4.78, 5) is 40.0. The minimum Gasteiger partial charge on any atom is -0.479 e. The summed E-state index contributed by atoms with van der Waals surface area (Å²) in [6.45, 7) is 19.7. The van der Waals surface area contributed by atoms with Gasteiger partial charge in [0.05, 0.1) is 43.5 Å². The SMILES string of the molecule is C/C=C(/C)C(=O)O[C@H]1[C@H](OC(=O)CC(C)C)[C@]2(CO)[C@H](O)C[C@]3(C)C(=CC[C@@H]4[C@@]5(C)CC[C@H](O[C@@H]6O[C@H](C(=O)O)[C@@H](O)[C@H](O[C@@H]7OC[C@H](O)[C@H](O[C@@H]8O[C@@H](C)[C@H](O)[C@@H](O)[C@H]8O)[C@H]7O)[C@H]6O)[C@@](C)(CO)[C@@H]5CC[C@]43C)[C@@H]2CC1(C)C. The summed E-state index contributed by atoms with van der Waals surface area (Å²) in [7, 11) is 0. The quantitative estimate of drug-likeness (QED) is 0.0506. The average Bonchev–Trinajstić information content (AvgIpc) is 3.25. The van der Waals surface area contributed by atoms with E-state index in [-0.39, 0.29) is 37.2 Å². The average molecular weight is 1130 g/mol. The van der Waals surface area contributed by atoms with Crippen molar-refractivity contribution in [3.63, 3.8) is 0 Å². The first-order valence-corrected chi connectivity index (χ1v) is 28.3. The number of rotatable bonds is 14. The maximum Gasteiger partial charge on any atom is 0.335 e. The van der Waals surface area contributed by atoms with Crippen molar-refractivity contribution >= 4 is 17.9 Å². The van der Waals surface area contributed by atoms with Gasteiger partial charge in [0, 0.05) is 22.8 Å². The van der Waals surface area contributed by atoms with Crippen LogP contribution in [-0.2, 0) is 52.3 Å². The van der Waals surface area contributed by atoms with E-state index in [1.807, 2.05) is 34.6 Å². The molecule has 8 aliphatic rings. The van der Waals surface area contributed by atoms with E-state index in [0.717, 1.165) is 5.57 Å². The highest BCUT2D eigenvalue weighted by Gasteiger charge is 2.74. The van der Waals surface area contributed by atoms with Crippen molar-refractivity contribution in [3.8, 4) is 0 Å². The summed E-state index contributed by atoms with van der Waals surface area (Å²) in [6, 6.07) is 0. The fourth-order valence-electron chi connectivity index (χ4n) is 16.3. The molecule has 0 spiro atoms. The van der Waals surface area contributed by atoms with Crippen LogP contribution in [0.3, 0.4) is 0 Å². The van der Waals surface area contributed by atoms with Crippen LogP contribution in [0.5, 0.6) is 0 Å². The van der Waals surface area contributed by atoms with Crippen molar-refractivity contribution in [3.05, 3.63) is 23.3 Å².